The van der Waals surface area contributed by atoms with Gasteiger partial charge >= 0.3 is 0 Å². The Hall–Kier alpha value is -1.00. The van der Waals surface area contributed by atoms with E-state index in [0.717, 1.165) is 18.9 Å². The molecule has 2 rings (SSSR count). The van der Waals surface area contributed by atoms with E-state index in [1.54, 1.807) is 0 Å². The Morgan fingerprint density at radius 3 is 2.41 bits per heavy atom. The molecule has 1 fully saturated rings. The van der Waals surface area contributed by atoms with E-state index in [4.69, 9.17) is 0 Å². The minimum atomic E-state index is -0.573. The standard InChI is InChI=1S/C13H17F2NO/c1-8(16-7-13(17)9-2-3-9)10-4-11(14)6-12(15)5-10/h4-6,8-9,13,16-17H,2-3,7H2,1H3. The van der Waals surface area contributed by atoms with Crippen molar-refractivity contribution in [3.63, 3.8) is 0 Å². The van der Waals surface area contributed by atoms with Gasteiger partial charge in [0, 0.05) is 18.7 Å². The Morgan fingerprint density at radius 2 is 1.88 bits per heavy atom. The summed E-state index contributed by atoms with van der Waals surface area (Å²) in [5.74, 6) is -0.744. The van der Waals surface area contributed by atoms with Crippen LogP contribution in [0.5, 0.6) is 0 Å². The monoisotopic (exact) mass is 241 g/mol. The minimum Gasteiger partial charge on any atom is -0.392 e. The van der Waals surface area contributed by atoms with Crippen molar-refractivity contribution >= 4 is 0 Å². The molecule has 1 aromatic carbocycles. The first-order chi connectivity index (χ1) is 8.06. The van der Waals surface area contributed by atoms with E-state index in [1.165, 1.54) is 12.1 Å². The lowest BCUT2D eigenvalue weighted by Crippen LogP contribution is -2.30. The molecule has 2 N–H and O–H groups in total. The summed E-state index contributed by atoms with van der Waals surface area (Å²) in [5.41, 5.74) is 0.561. The van der Waals surface area contributed by atoms with Crippen LogP contribution in [0.3, 0.4) is 0 Å². The fourth-order valence-electron chi connectivity index (χ4n) is 1.89. The third kappa shape index (κ3) is 3.48. The van der Waals surface area contributed by atoms with E-state index in [-0.39, 0.29) is 12.1 Å². The Labute approximate surface area is 99.7 Å². The van der Waals surface area contributed by atoms with Crippen molar-refractivity contribution in [2.24, 2.45) is 5.92 Å². The third-order valence-corrected chi connectivity index (χ3v) is 3.18. The second-order valence-electron chi connectivity index (χ2n) is 4.74. The molecule has 17 heavy (non-hydrogen) atoms. The number of hydrogen-bond donors (Lipinski definition) is 2. The summed E-state index contributed by atoms with van der Waals surface area (Å²) in [6.07, 6.45) is 1.80. The predicted octanol–water partition coefficient (Wildman–Crippen LogP) is 2.39. The molecule has 0 spiro atoms. The van der Waals surface area contributed by atoms with E-state index in [9.17, 15) is 13.9 Å². The zero-order valence-electron chi connectivity index (χ0n) is 9.79. The molecule has 1 aromatic rings. The minimum absolute atomic E-state index is 0.173. The van der Waals surface area contributed by atoms with Crippen LogP contribution in [-0.2, 0) is 0 Å². The molecule has 2 atom stereocenters. The quantitative estimate of drug-likeness (QED) is 0.829. The van der Waals surface area contributed by atoms with Crippen LogP contribution in [0.2, 0.25) is 0 Å². The van der Waals surface area contributed by atoms with Crippen molar-refractivity contribution in [1.29, 1.82) is 0 Å². The highest BCUT2D eigenvalue weighted by Gasteiger charge is 2.29. The summed E-state index contributed by atoms with van der Waals surface area (Å²) in [4.78, 5) is 0. The molecule has 0 aliphatic heterocycles. The molecule has 0 radical (unpaired) electrons. The fraction of sp³-hybridized carbons (Fsp3) is 0.538. The highest BCUT2D eigenvalue weighted by molar-refractivity contribution is 5.20. The Kier molecular flexibility index (Phi) is 3.74. The van der Waals surface area contributed by atoms with Gasteiger partial charge in [-0.25, -0.2) is 8.78 Å². The Balaban J connectivity index is 1.91. The average Bonchev–Trinajstić information content (AvgIpc) is 3.07. The average molecular weight is 241 g/mol. The van der Waals surface area contributed by atoms with Crippen LogP contribution in [0, 0.1) is 17.6 Å². The highest BCUT2D eigenvalue weighted by atomic mass is 19.1. The van der Waals surface area contributed by atoms with Gasteiger partial charge in [0.2, 0.25) is 0 Å². The first-order valence-corrected chi connectivity index (χ1v) is 5.93. The van der Waals surface area contributed by atoms with Crippen molar-refractivity contribution in [1.82, 2.24) is 5.32 Å². The SMILES string of the molecule is CC(NCC(O)C1CC1)c1cc(F)cc(F)c1. The van der Waals surface area contributed by atoms with E-state index < -0.39 is 11.6 Å². The van der Waals surface area contributed by atoms with Gasteiger partial charge in [-0.1, -0.05) is 0 Å². The van der Waals surface area contributed by atoms with E-state index in [2.05, 4.69) is 5.32 Å². The van der Waals surface area contributed by atoms with Crippen molar-refractivity contribution in [3.05, 3.63) is 35.4 Å². The van der Waals surface area contributed by atoms with E-state index >= 15 is 0 Å². The number of aliphatic hydroxyl groups is 1. The lowest BCUT2D eigenvalue weighted by Gasteiger charge is -2.17. The molecule has 1 aliphatic carbocycles. The molecule has 4 heteroatoms. The second kappa shape index (κ2) is 5.10. The number of nitrogens with one attached hydrogen (secondary N) is 1. The lowest BCUT2D eigenvalue weighted by atomic mass is 10.1. The molecule has 94 valence electrons. The first-order valence-electron chi connectivity index (χ1n) is 5.93. The second-order valence-corrected chi connectivity index (χ2v) is 4.74. The Morgan fingerprint density at radius 1 is 1.29 bits per heavy atom. The number of benzene rings is 1. The van der Waals surface area contributed by atoms with E-state index in [1.807, 2.05) is 6.92 Å². The van der Waals surface area contributed by atoms with E-state index in [0.29, 0.717) is 18.0 Å². The summed E-state index contributed by atoms with van der Waals surface area (Å²) in [7, 11) is 0. The molecule has 1 aliphatic rings. The van der Waals surface area contributed by atoms with Crippen molar-refractivity contribution in [3.8, 4) is 0 Å². The maximum absolute atomic E-state index is 13.0. The molecule has 1 saturated carbocycles. The largest absolute Gasteiger partial charge is 0.392 e. The van der Waals surface area contributed by atoms with Crippen LogP contribution in [0.1, 0.15) is 31.4 Å². The number of halogens is 2. The van der Waals surface area contributed by atoms with Crippen LogP contribution in [-0.4, -0.2) is 17.8 Å². The molecule has 2 unspecified atom stereocenters. The molecular weight excluding hydrogens is 224 g/mol. The van der Waals surface area contributed by atoms with Crippen molar-refractivity contribution in [2.45, 2.75) is 31.9 Å². The fourth-order valence-corrected chi connectivity index (χ4v) is 1.89. The smallest absolute Gasteiger partial charge is 0.126 e. The van der Waals surface area contributed by atoms with Gasteiger partial charge in [-0.3, -0.25) is 0 Å². The summed E-state index contributed by atoms with van der Waals surface area (Å²) >= 11 is 0. The zero-order chi connectivity index (χ0) is 12.4. The summed E-state index contributed by atoms with van der Waals surface area (Å²) in [6.45, 7) is 2.29. The van der Waals surface area contributed by atoms with Crippen LogP contribution < -0.4 is 5.32 Å². The molecule has 0 saturated heterocycles. The molecule has 0 bridgehead atoms. The van der Waals surface area contributed by atoms with Crippen LogP contribution >= 0.6 is 0 Å². The van der Waals surface area contributed by atoms with Crippen LogP contribution in [0.4, 0.5) is 8.78 Å². The lowest BCUT2D eigenvalue weighted by molar-refractivity contribution is 0.145. The predicted molar refractivity (Wildman–Crippen MR) is 61.5 cm³/mol. The van der Waals surface area contributed by atoms with Gasteiger partial charge in [0.05, 0.1) is 6.10 Å². The van der Waals surface area contributed by atoms with Crippen LogP contribution in [0.15, 0.2) is 18.2 Å². The Bertz CT molecular complexity index is 373. The van der Waals surface area contributed by atoms with Gasteiger partial charge in [0.1, 0.15) is 11.6 Å². The van der Waals surface area contributed by atoms with Gasteiger partial charge in [-0.15, -0.1) is 0 Å². The maximum Gasteiger partial charge on any atom is 0.126 e. The van der Waals surface area contributed by atoms with Gasteiger partial charge in [0.25, 0.3) is 0 Å². The number of aliphatic hydroxyl groups excluding tert-OH is 1. The van der Waals surface area contributed by atoms with Gasteiger partial charge in [-0.05, 0) is 43.4 Å². The normalized spacial score (nSPS) is 19.1. The molecule has 0 heterocycles. The molecule has 2 nitrogen and oxygen atoms in total. The van der Waals surface area contributed by atoms with Crippen molar-refractivity contribution in [2.75, 3.05) is 6.54 Å². The van der Waals surface area contributed by atoms with Crippen molar-refractivity contribution < 1.29 is 13.9 Å². The summed E-state index contributed by atoms with van der Waals surface area (Å²) in [6, 6.07) is 3.30. The zero-order valence-corrected chi connectivity index (χ0v) is 9.79. The van der Waals surface area contributed by atoms with Gasteiger partial charge < -0.3 is 10.4 Å². The van der Waals surface area contributed by atoms with Gasteiger partial charge in [0.15, 0.2) is 0 Å². The van der Waals surface area contributed by atoms with Crippen LogP contribution in [0.25, 0.3) is 0 Å². The number of rotatable bonds is 5. The topological polar surface area (TPSA) is 32.3 Å². The van der Waals surface area contributed by atoms with Gasteiger partial charge in [-0.2, -0.15) is 0 Å². The molecule has 0 amide bonds. The third-order valence-electron chi connectivity index (χ3n) is 3.18. The number of hydrogen-bond acceptors (Lipinski definition) is 2. The highest BCUT2D eigenvalue weighted by Crippen LogP contribution is 2.32. The first kappa shape index (κ1) is 12.5. The summed E-state index contributed by atoms with van der Waals surface area (Å²) in [5, 5.41) is 12.8. The molecular formula is C13H17F2NO. The summed E-state index contributed by atoms with van der Waals surface area (Å²) < 4.78 is 26.0. The maximum atomic E-state index is 13.0. The molecule has 0 aromatic heterocycles.